The number of carbonyl (C=O) groups excluding carboxylic acids is 1. The highest BCUT2D eigenvalue weighted by molar-refractivity contribution is 7.23. The van der Waals surface area contributed by atoms with Gasteiger partial charge in [-0.2, -0.15) is 0 Å². The highest BCUT2D eigenvalue weighted by Gasteiger charge is 2.15. The topological polar surface area (TPSA) is 51.2 Å². The van der Waals surface area contributed by atoms with Crippen LogP contribution in [0.3, 0.4) is 0 Å². The summed E-state index contributed by atoms with van der Waals surface area (Å²) in [6, 6.07) is 19.8. The number of methoxy groups -OCH3 is 1. The monoisotopic (exact) mass is 374 g/mol. The third-order valence-electron chi connectivity index (χ3n) is 4.36. The molecule has 5 heteroatoms. The number of hydrogen-bond acceptors (Lipinski definition) is 4. The Kier molecular flexibility index (Phi) is 4.60. The van der Waals surface area contributed by atoms with Crippen molar-refractivity contribution in [2.45, 2.75) is 6.92 Å². The van der Waals surface area contributed by atoms with Crippen LogP contribution in [0, 0.1) is 6.92 Å². The number of amides is 1. The molecule has 2 heterocycles. The minimum atomic E-state index is -0.172. The van der Waals surface area contributed by atoms with Gasteiger partial charge in [0.15, 0.2) is 0 Å². The number of carbonyl (C=O) groups is 1. The Morgan fingerprint density at radius 2 is 1.89 bits per heavy atom. The molecule has 0 aliphatic heterocycles. The smallest absolute Gasteiger partial charge is 0.257 e. The number of fused-ring (bicyclic) bond motifs is 1. The van der Waals surface area contributed by atoms with E-state index in [1.807, 2.05) is 43.3 Å². The van der Waals surface area contributed by atoms with Crippen molar-refractivity contribution in [1.29, 1.82) is 0 Å². The lowest BCUT2D eigenvalue weighted by Gasteiger charge is -2.06. The van der Waals surface area contributed by atoms with E-state index in [0.29, 0.717) is 5.56 Å². The van der Waals surface area contributed by atoms with E-state index in [1.54, 1.807) is 30.7 Å². The van der Waals surface area contributed by atoms with Gasteiger partial charge >= 0.3 is 0 Å². The van der Waals surface area contributed by atoms with E-state index < -0.39 is 0 Å². The molecule has 0 aliphatic carbocycles. The van der Waals surface area contributed by atoms with Crippen LogP contribution in [0.15, 0.2) is 66.9 Å². The molecule has 134 valence electrons. The van der Waals surface area contributed by atoms with Gasteiger partial charge in [-0.1, -0.05) is 30.3 Å². The van der Waals surface area contributed by atoms with Gasteiger partial charge in [0.2, 0.25) is 0 Å². The van der Waals surface area contributed by atoms with Gasteiger partial charge in [-0.25, -0.2) is 0 Å². The van der Waals surface area contributed by atoms with Crippen molar-refractivity contribution < 1.29 is 9.53 Å². The fraction of sp³-hybridized carbons (Fsp3) is 0.0909. The van der Waals surface area contributed by atoms with Crippen LogP contribution in [0.25, 0.3) is 21.2 Å². The van der Waals surface area contributed by atoms with Crippen molar-refractivity contribution in [3.8, 4) is 16.9 Å². The molecule has 0 spiro atoms. The number of ether oxygens (including phenoxy) is 1. The molecule has 0 saturated carbocycles. The van der Waals surface area contributed by atoms with Crippen LogP contribution >= 0.6 is 11.3 Å². The Morgan fingerprint density at radius 1 is 1.07 bits per heavy atom. The second-order valence-corrected chi connectivity index (χ2v) is 7.23. The molecule has 1 amide bonds. The van der Waals surface area contributed by atoms with Crippen molar-refractivity contribution in [3.05, 3.63) is 78.1 Å². The van der Waals surface area contributed by atoms with E-state index in [9.17, 15) is 4.79 Å². The minimum Gasteiger partial charge on any atom is -0.496 e. The third-order valence-corrected chi connectivity index (χ3v) is 5.44. The number of rotatable bonds is 4. The van der Waals surface area contributed by atoms with Crippen molar-refractivity contribution in [2.75, 3.05) is 12.4 Å². The fourth-order valence-electron chi connectivity index (χ4n) is 2.97. The van der Waals surface area contributed by atoms with Crippen LogP contribution in [-0.2, 0) is 0 Å². The third kappa shape index (κ3) is 3.41. The molecule has 1 N–H and O–H groups in total. The second-order valence-electron chi connectivity index (χ2n) is 6.18. The number of nitrogens with one attached hydrogen (secondary N) is 1. The van der Waals surface area contributed by atoms with Crippen LogP contribution < -0.4 is 10.1 Å². The highest BCUT2D eigenvalue weighted by atomic mass is 32.1. The number of benzene rings is 2. The molecular formula is C22H18N2O2S. The van der Waals surface area contributed by atoms with Gasteiger partial charge in [0.05, 0.1) is 17.7 Å². The van der Waals surface area contributed by atoms with Crippen molar-refractivity contribution in [2.24, 2.45) is 0 Å². The van der Waals surface area contributed by atoms with Crippen molar-refractivity contribution >= 4 is 32.3 Å². The van der Waals surface area contributed by atoms with Gasteiger partial charge < -0.3 is 10.1 Å². The van der Waals surface area contributed by atoms with Crippen LogP contribution in [0.2, 0.25) is 0 Å². The largest absolute Gasteiger partial charge is 0.496 e. The first kappa shape index (κ1) is 17.2. The average molecular weight is 374 g/mol. The lowest BCUT2D eigenvalue weighted by Crippen LogP contribution is -2.11. The number of anilines is 1. The van der Waals surface area contributed by atoms with Gasteiger partial charge in [-0.15, -0.1) is 11.3 Å². The first-order valence-corrected chi connectivity index (χ1v) is 9.37. The lowest BCUT2D eigenvalue weighted by molar-refractivity contribution is 0.102. The molecule has 0 fully saturated rings. The van der Waals surface area contributed by atoms with E-state index >= 15 is 0 Å². The van der Waals surface area contributed by atoms with E-state index in [2.05, 4.69) is 28.5 Å². The Bertz CT molecular complexity index is 1100. The van der Waals surface area contributed by atoms with Crippen LogP contribution in [-0.4, -0.2) is 18.0 Å². The summed E-state index contributed by atoms with van der Waals surface area (Å²) < 4.78 is 6.60. The first-order valence-electron chi connectivity index (χ1n) is 8.55. The Balaban J connectivity index is 1.74. The molecular weight excluding hydrogens is 356 g/mol. The van der Waals surface area contributed by atoms with E-state index in [0.717, 1.165) is 37.7 Å². The molecule has 0 radical (unpaired) electrons. The summed E-state index contributed by atoms with van der Waals surface area (Å²) in [5.74, 6) is 0.618. The number of aromatic nitrogens is 1. The lowest BCUT2D eigenvalue weighted by atomic mass is 10.0. The molecule has 4 aromatic rings. The van der Waals surface area contributed by atoms with E-state index in [-0.39, 0.29) is 5.91 Å². The maximum Gasteiger partial charge on any atom is 0.257 e. The SMILES string of the molecule is COc1ccc(-c2ccccc2)c2sc(NC(=O)c3ccc(C)nc3)cc12. The van der Waals surface area contributed by atoms with E-state index in [1.165, 1.54) is 0 Å². The predicted octanol–water partition coefficient (Wildman–Crippen LogP) is 5.53. The first-order chi connectivity index (χ1) is 13.2. The highest BCUT2D eigenvalue weighted by Crippen LogP contribution is 2.42. The Hall–Kier alpha value is -3.18. The van der Waals surface area contributed by atoms with Crippen LogP contribution in [0.5, 0.6) is 5.75 Å². The summed E-state index contributed by atoms with van der Waals surface area (Å²) in [6.45, 7) is 1.89. The molecule has 4 rings (SSSR count). The number of pyridine rings is 1. The Morgan fingerprint density at radius 3 is 2.59 bits per heavy atom. The molecule has 0 saturated heterocycles. The summed E-state index contributed by atoms with van der Waals surface area (Å²) in [4.78, 5) is 16.7. The number of thiophene rings is 1. The maximum absolute atomic E-state index is 12.5. The summed E-state index contributed by atoms with van der Waals surface area (Å²) >= 11 is 1.54. The minimum absolute atomic E-state index is 0.172. The van der Waals surface area contributed by atoms with Crippen molar-refractivity contribution in [3.63, 3.8) is 0 Å². The molecule has 4 nitrogen and oxygen atoms in total. The molecule has 2 aromatic heterocycles. The summed E-state index contributed by atoms with van der Waals surface area (Å²) in [7, 11) is 1.66. The van der Waals surface area contributed by atoms with Gasteiger partial charge in [-0.3, -0.25) is 9.78 Å². The molecule has 2 aromatic carbocycles. The zero-order chi connectivity index (χ0) is 18.8. The Labute approximate surface area is 161 Å². The number of nitrogens with zero attached hydrogens (tertiary/aromatic N) is 1. The fourth-order valence-corrected chi connectivity index (χ4v) is 4.08. The van der Waals surface area contributed by atoms with E-state index in [4.69, 9.17) is 4.74 Å². The standard InChI is InChI=1S/C22H18N2O2S/c1-14-8-9-16(13-23-14)22(25)24-20-12-18-19(26-2)11-10-17(21(18)27-20)15-6-4-3-5-7-15/h3-13H,1-2H3,(H,24,25). The summed E-state index contributed by atoms with van der Waals surface area (Å²) in [6.07, 6.45) is 1.59. The van der Waals surface area contributed by atoms with Crippen LogP contribution in [0.4, 0.5) is 5.00 Å². The molecule has 0 aliphatic rings. The molecule has 0 unspecified atom stereocenters. The van der Waals surface area contributed by atoms with Gasteiger partial charge in [0.1, 0.15) is 5.75 Å². The maximum atomic E-state index is 12.5. The van der Waals surface area contributed by atoms with Gasteiger partial charge in [0.25, 0.3) is 5.91 Å². The van der Waals surface area contributed by atoms with Gasteiger partial charge in [0, 0.05) is 22.0 Å². The quantitative estimate of drug-likeness (QED) is 0.511. The second kappa shape index (κ2) is 7.21. The molecule has 27 heavy (non-hydrogen) atoms. The zero-order valence-electron chi connectivity index (χ0n) is 15.0. The molecule has 0 atom stereocenters. The van der Waals surface area contributed by atoms with Crippen molar-refractivity contribution in [1.82, 2.24) is 4.98 Å². The predicted molar refractivity (Wildman–Crippen MR) is 111 cm³/mol. The summed E-state index contributed by atoms with van der Waals surface area (Å²) in [5, 5.41) is 4.74. The van der Waals surface area contributed by atoms with Gasteiger partial charge in [-0.05, 0) is 48.4 Å². The normalized spacial score (nSPS) is 10.7. The number of hydrogen-bond donors (Lipinski definition) is 1. The molecule has 0 bridgehead atoms. The number of aryl methyl sites for hydroxylation is 1. The zero-order valence-corrected chi connectivity index (χ0v) is 15.8. The average Bonchev–Trinajstić information content (AvgIpc) is 3.11. The van der Waals surface area contributed by atoms with Crippen LogP contribution in [0.1, 0.15) is 16.1 Å². The summed E-state index contributed by atoms with van der Waals surface area (Å²) in [5.41, 5.74) is 3.67.